The summed E-state index contributed by atoms with van der Waals surface area (Å²) in [5.41, 5.74) is 0. The summed E-state index contributed by atoms with van der Waals surface area (Å²) in [6.45, 7) is 0. The Kier molecular flexibility index (Phi) is 1.76. The van der Waals surface area contributed by atoms with Gasteiger partial charge in [0.15, 0.2) is 11.5 Å². The summed E-state index contributed by atoms with van der Waals surface area (Å²) in [5.74, 6) is -0.533. The van der Waals surface area contributed by atoms with E-state index >= 15 is 0 Å². The minimum atomic E-state index is -0.547. The Labute approximate surface area is 57.9 Å². The lowest BCUT2D eigenvalue weighted by Crippen LogP contribution is -1.84. The van der Waals surface area contributed by atoms with Crippen LogP contribution in [0.1, 0.15) is 0 Å². The summed E-state index contributed by atoms with van der Waals surface area (Å²) in [5, 5.41) is 8.91. The van der Waals surface area contributed by atoms with Crippen LogP contribution in [-0.4, -0.2) is 12.2 Å². The highest BCUT2D eigenvalue weighted by atomic mass is 19.1. The number of phenols is 1. The van der Waals surface area contributed by atoms with Crippen molar-refractivity contribution in [3.05, 3.63) is 24.0 Å². The van der Waals surface area contributed by atoms with Crippen molar-refractivity contribution in [1.82, 2.24) is 0 Å². The molecule has 2 nitrogen and oxygen atoms in total. The number of aromatic hydroxyl groups is 1. The van der Waals surface area contributed by atoms with E-state index in [1.165, 1.54) is 7.11 Å². The number of hydrogen-bond acceptors (Lipinski definition) is 2. The highest BCUT2D eigenvalue weighted by molar-refractivity contribution is 5.37. The van der Waals surface area contributed by atoms with Crippen molar-refractivity contribution in [2.75, 3.05) is 7.11 Å². The van der Waals surface area contributed by atoms with Crippen LogP contribution in [0.25, 0.3) is 0 Å². The molecule has 0 aromatic heterocycles. The number of rotatable bonds is 1. The van der Waals surface area contributed by atoms with Crippen LogP contribution in [0.3, 0.4) is 0 Å². The minimum absolute atomic E-state index is 0.107. The van der Waals surface area contributed by atoms with Gasteiger partial charge in [0.05, 0.1) is 7.11 Å². The van der Waals surface area contributed by atoms with Gasteiger partial charge in [0.2, 0.25) is 0 Å². The standard InChI is InChI=1S/C7H6FO2/c1-10-7-4-5(8)2-3-6(7)9/h3-4,9H,1H3. The molecule has 10 heavy (non-hydrogen) atoms. The van der Waals surface area contributed by atoms with E-state index in [2.05, 4.69) is 10.8 Å². The van der Waals surface area contributed by atoms with E-state index in [-0.39, 0.29) is 11.5 Å². The lowest BCUT2D eigenvalue weighted by atomic mass is 10.3. The van der Waals surface area contributed by atoms with Gasteiger partial charge in [-0.05, 0) is 6.07 Å². The Morgan fingerprint density at radius 2 is 2.40 bits per heavy atom. The maximum absolute atomic E-state index is 12.3. The van der Waals surface area contributed by atoms with Gasteiger partial charge in [-0.15, -0.1) is 0 Å². The van der Waals surface area contributed by atoms with Crippen molar-refractivity contribution in [2.45, 2.75) is 0 Å². The van der Waals surface area contributed by atoms with Crippen molar-refractivity contribution in [3.63, 3.8) is 0 Å². The van der Waals surface area contributed by atoms with Crippen molar-refractivity contribution >= 4 is 0 Å². The summed E-state index contributed by atoms with van der Waals surface area (Å²) in [7, 11) is 1.36. The second-order valence-corrected chi connectivity index (χ2v) is 1.73. The lowest BCUT2D eigenvalue weighted by Gasteiger charge is -2.00. The third kappa shape index (κ3) is 1.18. The van der Waals surface area contributed by atoms with Gasteiger partial charge in [-0.25, -0.2) is 4.39 Å². The number of halogens is 1. The highest BCUT2D eigenvalue weighted by Gasteiger charge is 2.00. The maximum atomic E-state index is 12.3. The molecule has 3 heteroatoms. The van der Waals surface area contributed by atoms with E-state index in [1.807, 2.05) is 0 Å². The van der Waals surface area contributed by atoms with E-state index in [9.17, 15) is 4.39 Å². The fraction of sp³-hybridized carbons (Fsp3) is 0.143. The van der Waals surface area contributed by atoms with E-state index < -0.39 is 5.82 Å². The van der Waals surface area contributed by atoms with Crippen LogP contribution in [0.5, 0.6) is 11.5 Å². The predicted octanol–water partition coefficient (Wildman–Crippen LogP) is 1.34. The smallest absolute Gasteiger partial charge is 0.163 e. The zero-order valence-electron chi connectivity index (χ0n) is 5.39. The van der Waals surface area contributed by atoms with Gasteiger partial charge in [-0.3, -0.25) is 0 Å². The average Bonchev–Trinajstić information content (AvgIpc) is 1.94. The average molecular weight is 141 g/mol. The van der Waals surface area contributed by atoms with E-state index in [0.29, 0.717) is 0 Å². The van der Waals surface area contributed by atoms with E-state index in [1.54, 1.807) is 0 Å². The molecule has 1 radical (unpaired) electrons. The minimum Gasteiger partial charge on any atom is -0.504 e. The lowest BCUT2D eigenvalue weighted by molar-refractivity contribution is 0.370. The molecule has 0 saturated carbocycles. The summed E-state index contributed by atoms with van der Waals surface area (Å²) >= 11 is 0. The van der Waals surface area contributed by atoms with Gasteiger partial charge >= 0.3 is 0 Å². The van der Waals surface area contributed by atoms with Crippen LogP contribution in [0.4, 0.5) is 4.39 Å². The molecule has 0 amide bonds. The molecule has 0 unspecified atom stereocenters. The molecule has 1 N–H and O–H groups in total. The first-order chi connectivity index (χ1) is 4.74. The Morgan fingerprint density at radius 3 is 2.90 bits per heavy atom. The summed E-state index contributed by atoms with van der Waals surface area (Å²) in [4.78, 5) is 0. The van der Waals surface area contributed by atoms with Crippen molar-refractivity contribution in [1.29, 1.82) is 0 Å². The van der Waals surface area contributed by atoms with Crippen LogP contribution >= 0.6 is 0 Å². The molecule has 0 fully saturated rings. The molecule has 53 valence electrons. The fourth-order valence-electron chi connectivity index (χ4n) is 0.603. The normalized spacial score (nSPS) is 9.40. The summed E-state index contributed by atoms with van der Waals surface area (Å²) < 4.78 is 16.9. The molecule has 1 aromatic rings. The van der Waals surface area contributed by atoms with E-state index in [4.69, 9.17) is 5.11 Å². The van der Waals surface area contributed by atoms with Crippen LogP contribution in [0, 0.1) is 11.9 Å². The summed E-state index contributed by atoms with van der Waals surface area (Å²) in [6, 6.07) is 4.36. The van der Waals surface area contributed by atoms with Crippen molar-refractivity contribution in [3.8, 4) is 11.5 Å². The first kappa shape index (κ1) is 6.86. The summed E-state index contributed by atoms with van der Waals surface area (Å²) in [6.07, 6.45) is 0. The topological polar surface area (TPSA) is 29.5 Å². The molecule has 1 aromatic carbocycles. The maximum Gasteiger partial charge on any atom is 0.163 e. The molecule has 0 aliphatic carbocycles. The molecule has 0 aliphatic heterocycles. The van der Waals surface area contributed by atoms with Crippen molar-refractivity contribution < 1.29 is 14.2 Å². The second kappa shape index (κ2) is 2.56. The van der Waals surface area contributed by atoms with Gasteiger partial charge < -0.3 is 9.84 Å². The molecule has 0 aliphatic rings. The first-order valence-corrected chi connectivity index (χ1v) is 2.68. The molecule has 0 atom stereocenters. The number of methoxy groups -OCH3 is 1. The van der Waals surface area contributed by atoms with Gasteiger partial charge in [0.1, 0.15) is 5.82 Å². The first-order valence-electron chi connectivity index (χ1n) is 2.68. The third-order valence-corrected chi connectivity index (χ3v) is 1.08. The molecular weight excluding hydrogens is 135 g/mol. The number of hydrogen-bond donors (Lipinski definition) is 1. The number of benzene rings is 1. The predicted molar refractivity (Wildman–Crippen MR) is 33.5 cm³/mol. The Hall–Kier alpha value is -1.25. The number of phenolic OH excluding ortho intramolecular Hbond substituents is 1. The zero-order chi connectivity index (χ0) is 7.56. The fourth-order valence-corrected chi connectivity index (χ4v) is 0.603. The molecule has 0 bridgehead atoms. The third-order valence-electron chi connectivity index (χ3n) is 1.08. The monoisotopic (exact) mass is 141 g/mol. The Balaban J connectivity index is 3.09. The second-order valence-electron chi connectivity index (χ2n) is 1.73. The van der Waals surface area contributed by atoms with E-state index in [0.717, 1.165) is 12.1 Å². The SMILES string of the molecule is COc1cc(F)[c]cc1O. The van der Waals surface area contributed by atoms with Crippen LogP contribution in [-0.2, 0) is 0 Å². The molecular formula is C7H6FO2. The molecule has 0 saturated heterocycles. The quantitative estimate of drug-likeness (QED) is 0.639. The molecule has 0 spiro atoms. The Morgan fingerprint density at radius 1 is 1.70 bits per heavy atom. The van der Waals surface area contributed by atoms with Crippen LogP contribution < -0.4 is 4.74 Å². The molecule has 1 rings (SSSR count). The zero-order valence-corrected chi connectivity index (χ0v) is 5.39. The van der Waals surface area contributed by atoms with Crippen LogP contribution in [0.15, 0.2) is 12.1 Å². The van der Waals surface area contributed by atoms with Gasteiger partial charge in [-0.2, -0.15) is 0 Å². The largest absolute Gasteiger partial charge is 0.504 e. The highest BCUT2D eigenvalue weighted by Crippen LogP contribution is 2.24. The van der Waals surface area contributed by atoms with Gasteiger partial charge in [-0.1, -0.05) is 0 Å². The van der Waals surface area contributed by atoms with Crippen molar-refractivity contribution in [2.24, 2.45) is 0 Å². The molecule has 0 heterocycles. The van der Waals surface area contributed by atoms with Gasteiger partial charge in [0, 0.05) is 12.1 Å². The van der Waals surface area contributed by atoms with Crippen LogP contribution in [0.2, 0.25) is 0 Å². The van der Waals surface area contributed by atoms with Gasteiger partial charge in [0.25, 0.3) is 0 Å². The number of ether oxygens (including phenoxy) is 1. The Bertz CT molecular complexity index is 235.